The van der Waals surface area contributed by atoms with E-state index in [0.717, 1.165) is 67.6 Å². The molecule has 0 N–H and O–H groups in total. The fourth-order valence-electron chi connectivity index (χ4n) is 4.06. The third kappa shape index (κ3) is 4.16. The Balaban J connectivity index is 1.32. The third-order valence-electron chi connectivity index (χ3n) is 5.82. The molecule has 0 amide bonds. The monoisotopic (exact) mass is 402 g/mol. The van der Waals surface area contributed by atoms with E-state index in [1.54, 1.807) is 0 Å². The largest absolute Gasteiger partial charge is 0.368 e. The molecule has 5 heteroatoms. The van der Waals surface area contributed by atoms with Gasteiger partial charge in [0, 0.05) is 31.5 Å². The molecule has 2 saturated heterocycles. The number of piperidine rings is 1. The van der Waals surface area contributed by atoms with Gasteiger partial charge in [-0.3, -0.25) is 4.90 Å². The molecule has 0 aromatic heterocycles. The molecule has 0 bridgehead atoms. The summed E-state index contributed by atoms with van der Waals surface area (Å²) in [4.78, 5) is 15.6. The number of aldehydes is 1. The van der Waals surface area contributed by atoms with Crippen molar-refractivity contribution in [3.05, 3.63) is 63.6 Å². The predicted molar refractivity (Wildman–Crippen MR) is 112 cm³/mol. The summed E-state index contributed by atoms with van der Waals surface area (Å²) in [6, 6.07) is 14.7. The summed E-state index contributed by atoms with van der Waals surface area (Å²) < 4.78 is 0. The summed E-state index contributed by atoms with van der Waals surface area (Å²) in [5.41, 5.74) is 3.67. The van der Waals surface area contributed by atoms with Crippen molar-refractivity contribution in [2.75, 3.05) is 31.1 Å². The average Bonchev–Trinajstić information content (AvgIpc) is 2.65. The van der Waals surface area contributed by atoms with Crippen LogP contribution in [0.3, 0.4) is 0 Å². The number of anilines is 1. The van der Waals surface area contributed by atoms with Crippen LogP contribution in [0.5, 0.6) is 0 Å². The Morgan fingerprint density at radius 1 is 0.963 bits per heavy atom. The Hall–Kier alpha value is -1.55. The van der Waals surface area contributed by atoms with Gasteiger partial charge in [0.2, 0.25) is 0 Å². The second kappa shape index (κ2) is 8.22. The first-order valence-electron chi connectivity index (χ1n) is 9.59. The molecule has 2 aliphatic heterocycles. The van der Waals surface area contributed by atoms with Crippen LogP contribution < -0.4 is 4.90 Å². The molecule has 0 aliphatic carbocycles. The van der Waals surface area contributed by atoms with Crippen LogP contribution in [-0.4, -0.2) is 37.4 Å². The smallest absolute Gasteiger partial charge is 0.123 e. The lowest BCUT2D eigenvalue weighted by Gasteiger charge is -2.42. The summed E-state index contributed by atoms with van der Waals surface area (Å²) in [5, 5.41) is 1.43. The molecule has 0 saturated carbocycles. The number of likely N-dealkylation sites (tertiary alicyclic amines) is 1. The van der Waals surface area contributed by atoms with Gasteiger partial charge in [0.1, 0.15) is 6.29 Å². The molecule has 4 rings (SSSR count). The van der Waals surface area contributed by atoms with Crippen LogP contribution in [0.2, 0.25) is 10.0 Å². The Kier molecular flexibility index (Phi) is 5.72. The molecule has 0 radical (unpaired) electrons. The zero-order chi connectivity index (χ0) is 18.8. The fraction of sp³-hybridized carbons (Fsp3) is 0.409. The molecule has 2 aromatic carbocycles. The number of para-hydroxylation sites is 1. The Bertz CT molecular complexity index is 774. The highest BCUT2D eigenvalue weighted by Crippen LogP contribution is 2.40. The molecule has 0 spiro atoms. The molecule has 0 unspecified atom stereocenters. The van der Waals surface area contributed by atoms with E-state index in [-0.39, 0.29) is 5.92 Å². The summed E-state index contributed by atoms with van der Waals surface area (Å²) in [7, 11) is 0. The molecule has 142 valence electrons. The predicted octanol–water partition coefficient (Wildman–Crippen LogP) is 5.01. The van der Waals surface area contributed by atoms with E-state index >= 15 is 0 Å². The van der Waals surface area contributed by atoms with Crippen molar-refractivity contribution >= 4 is 35.2 Å². The zero-order valence-electron chi connectivity index (χ0n) is 15.3. The van der Waals surface area contributed by atoms with Crippen LogP contribution >= 0.6 is 23.2 Å². The van der Waals surface area contributed by atoms with E-state index in [9.17, 15) is 4.79 Å². The number of rotatable bonds is 5. The minimum Gasteiger partial charge on any atom is -0.368 e. The van der Waals surface area contributed by atoms with E-state index in [2.05, 4.69) is 34.1 Å². The summed E-state index contributed by atoms with van der Waals surface area (Å²) >= 11 is 12.6. The van der Waals surface area contributed by atoms with E-state index < -0.39 is 0 Å². The van der Waals surface area contributed by atoms with Gasteiger partial charge in [-0.2, -0.15) is 0 Å². The molecule has 3 nitrogen and oxygen atoms in total. The van der Waals surface area contributed by atoms with Crippen molar-refractivity contribution in [3.8, 4) is 0 Å². The third-order valence-corrected chi connectivity index (χ3v) is 6.43. The Morgan fingerprint density at radius 2 is 1.59 bits per heavy atom. The highest BCUT2D eigenvalue weighted by atomic mass is 35.5. The van der Waals surface area contributed by atoms with Crippen molar-refractivity contribution < 1.29 is 4.79 Å². The maximum Gasteiger partial charge on any atom is 0.123 e. The van der Waals surface area contributed by atoms with Gasteiger partial charge in [-0.15, -0.1) is 0 Å². The van der Waals surface area contributed by atoms with E-state index in [1.807, 2.05) is 18.2 Å². The first-order valence-corrected chi connectivity index (χ1v) is 10.3. The van der Waals surface area contributed by atoms with Crippen LogP contribution in [0, 0.1) is 5.92 Å². The van der Waals surface area contributed by atoms with Crippen molar-refractivity contribution in [1.82, 2.24) is 4.90 Å². The number of carbonyl (C=O) groups excluding carboxylic acids is 1. The Morgan fingerprint density at radius 3 is 2.19 bits per heavy atom. The molecule has 2 fully saturated rings. The van der Waals surface area contributed by atoms with Gasteiger partial charge in [-0.05, 0) is 49.2 Å². The second-order valence-electron chi connectivity index (χ2n) is 7.66. The normalized spacial score (nSPS) is 19.1. The van der Waals surface area contributed by atoms with Crippen molar-refractivity contribution in [2.24, 2.45) is 5.92 Å². The van der Waals surface area contributed by atoms with Crippen LogP contribution in [0.4, 0.5) is 5.69 Å². The lowest BCUT2D eigenvalue weighted by molar-refractivity contribution is -0.112. The number of nitrogens with zero attached hydrogens (tertiary/aromatic N) is 2. The Labute approximate surface area is 170 Å². The molecule has 0 atom stereocenters. The van der Waals surface area contributed by atoms with Gasteiger partial charge < -0.3 is 9.69 Å². The summed E-state index contributed by atoms with van der Waals surface area (Å²) in [5.74, 6) is 0.784. The van der Waals surface area contributed by atoms with Crippen molar-refractivity contribution in [1.29, 1.82) is 0 Å². The SMILES string of the molecule is O=CC1CCN(Cc2ccc(C3CN(c4c(Cl)cccc4Cl)C3)cc2)CC1. The standard InChI is InChI=1S/C22H24Cl2N2O/c23-20-2-1-3-21(24)22(20)26-13-19(14-26)18-6-4-16(5-7-18)12-25-10-8-17(15-27)9-11-25/h1-7,15,17,19H,8-14H2. The first kappa shape index (κ1) is 18.8. The molecule has 2 aromatic rings. The van der Waals surface area contributed by atoms with Gasteiger partial charge in [0.15, 0.2) is 0 Å². The summed E-state index contributed by atoms with van der Waals surface area (Å²) in [6.45, 7) is 4.89. The van der Waals surface area contributed by atoms with Crippen LogP contribution in [0.1, 0.15) is 29.9 Å². The van der Waals surface area contributed by atoms with Crippen LogP contribution in [-0.2, 0) is 11.3 Å². The van der Waals surface area contributed by atoms with Crippen molar-refractivity contribution in [2.45, 2.75) is 25.3 Å². The number of hydrogen-bond donors (Lipinski definition) is 0. The van der Waals surface area contributed by atoms with Gasteiger partial charge in [0.25, 0.3) is 0 Å². The molecule has 27 heavy (non-hydrogen) atoms. The first-order chi connectivity index (χ1) is 13.1. The van der Waals surface area contributed by atoms with Gasteiger partial charge in [0.05, 0.1) is 15.7 Å². The van der Waals surface area contributed by atoms with E-state index in [0.29, 0.717) is 5.92 Å². The number of halogens is 2. The fourth-order valence-corrected chi connectivity index (χ4v) is 4.70. The molecular formula is C22H24Cl2N2O. The number of benzene rings is 2. The lowest BCUT2D eigenvalue weighted by Crippen LogP contribution is -2.45. The maximum atomic E-state index is 10.9. The summed E-state index contributed by atoms with van der Waals surface area (Å²) in [6.07, 6.45) is 3.10. The number of hydrogen-bond acceptors (Lipinski definition) is 3. The number of carbonyl (C=O) groups is 1. The maximum absolute atomic E-state index is 10.9. The average molecular weight is 403 g/mol. The van der Waals surface area contributed by atoms with Gasteiger partial charge in [-0.25, -0.2) is 0 Å². The van der Waals surface area contributed by atoms with Crippen molar-refractivity contribution in [3.63, 3.8) is 0 Å². The highest BCUT2D eigenvalue weighted by molar-refractivity contribution is 6.39. The topological polar surface area (TPSA) is 23.6 Å². The molecule has 2 aliphatic rings. The lowest BCUT2D eigenvalue weighted by atomic mass is 9.90. The van der Waals surface area contributed by atoms with Gasteiger partial charge >= 0.3 is 0 Å². The zero-order valence-corrected chi connectivity index (χ0v) is 16.8. The molecular weight excluding hydrogens is 379 g/mol. The van der Waals surface area contributed by atoms with Gasteiger partial charge in [-0.1, -0.05) is 53.5 Å². The molecule has 2 heterocycles. The van der Waals surface area contributed by atoms with E-state index in [4.69, 9.17) is 23.2 Å². The second-order valence-corrected chi connectivity index (χ2v) is 8.48. The minimum atomic E-state index is 0.261. The minimum absolute atomic E-state index is 0.261. The highest BCUT2D eigenvalue weighted by Gasteiger charge is 2.30. The quantitative estimate of drug-likeness (QED) is 0.656. The van der Waals surface area contributed by atoms with Crippen LogP contribution in [0.15, 0.2) is 42.5 Å². The van der Waals surface area contributed by atoms with E-state index in [1.165, 1.54) is 11.1 Å². The van der Waals surface area contributed by atoms with Crippen LogP contribution in [0.25, 0.3) is 0 Å².